The van der Waals surface area contributed by atoms with Crippen LogP contribution in [-0.4, -0.2) is 108 Å². The van der Waals surface area contributed by atoms with Crippen LogP contribution in [0.1, 0.15) is 60.8 Å². The van der Waals surface area contributed by atoms with Gasteiger partial charge in [-0.25, -0.2) is 0 Å². The number of nitrogens with one attached hydrogen (secondary N) is 6. The van der Waals surface area contributed by atoms with Gasteiger partial charge in [-0.05, 0) is 13.0 Å². The summed E-state index contributed by atoms with van der Waals surface area (Å²) in [6, 6.07) is -3.89. The minimum Gasteiger partial charge on any atom is -0.462 e. The van der Waals surface area contributed by atoms with Gasteiger partial charge < -0.3 is 52.9 Å². The molecule has 0 aromatic carbocycles. The number of aliphatic hydroxyl groups is 1. The van der Waals surface area contributed by atoms with E-state index in [-0.39, 0.29) is 108 Å². The number of carbonyl (C=O) groups excluding carboxylic acids is 7. The summed E-state index contributed by atoms with van der Waals surface area (Å²) in [5.74, 6) is -3.25. The van der Waals surface area contributed by atoms with Crippen LogP contribution in [0.2, 0.25) is 0 Å². The number of aliphatic hydroxyl groups excluding tert-OH is 1. The van der Waals surface area contributed by atoms with Crippen molar-refractivity contribution < 1.29 is 106 Å². The van der Waals surface area contributed by atoms with Crippen molar-refractivity contribution in [1.29, 1.82) is 0 Å². The fourth-order valence-electron chi connectivity index (χ4n) is 3.39. The van der Waals surface area contributed by atoms with Gasteiger partial charge in [-0.2, -0.15) is 18.7 Å². The first-order valence-electron chi connectivity index (χ1n) is 14.9. The van der Waals surface area contributed by atoms with Crippen molar-refractivity contribution in [3.63, 3.8) is 0 Å². The van der Waals surface area contributed by atoms with E-state index in [2.05, 4.69) is 38.5 Å². The van der Waals surface area contributed by atoms with Crippen molar-refractivity contribution in [2.45, 2.75) is 91.1 Å². The Morgan fingerprint density at radius 3 is 2.00 bits per heavy atom. The maximum Gasteiger partial charge on any atom is 1.00 e. The van der Waals surface area contributed by atoms with Gasteiger partial charge in [-0.15, -0.1) is 0 Å². The summed E-state index contributed by atoms with van der Waals surface area (Å²) in [5.41, 5.74) is 0.150. The average molecular weight is 759 g/mol. The summed E-state index contributed by atoms with van der Waals surface area (Å²) >= 11 is 1.19. The first kappa shape index (κ1) is 47.1. The molecule has 5 atom stereocenters. The fraction of sp³-hybridized carbons (Fsp3) is 0.655. The Balaban J connectivity index is 0. The molecule has 0 fully saturated rings. The van der Waals surface area contributed by atoms with Gasteiger partial charge in [0.2, 0.25) is 29.5 Å². The van der Waals surface area contributed by atoms with E-state index in [0.717, 1.165) is 0 Å². The van der Waals surface area contributed by atoms with Crippen LogP contribution in [0.4, 0.5) is 0 Å². The second-order valence-corrected chi connectivity index (χ2v) is 11.0. The summed E-state index contributed by atoms with van der Waals surface area (Å²) in [7, 11) is 0. The zero-order valence-corrected chi connectivity index (χ0v) is 34.1. The number of carbonyl (C=O) groups is 7. The predicted octanol–water partition coefficient (Wildman–Crippen LogP) is -4.22. The molecule has 18 heteroatoms. The third kappa shape index (κ3) is 20.8. The van der Waals surface area contributed by atoms with Crippen molar-refractivity contribution >= 4 is 53.2 Å². The topological polar surface area (TPSA) is 230 Å². The molecule has 0 rings (SSSR count). The zero-order chi connectivity index (χ0) is 35.2. The van der Waals surface area contributed by atoms with Crippen LogP contribution < -0.4 is 90.1 Å². The Labute approximate surface area is 329 Å². The van der Waals surface area contributed by atoms with E-state index in [0.29, 0.717) is 0 Å². The standard InChI is InChI=1S/C29H49N6O10S.Rb/c1-8-21(33-19(7)37)28(42)32-18(6)27(41)31-16-30-17(5)22(12-36)35-29(43)23(34-24(38)9-2)15-46-14-20(45-26(40)11-4)13-44-25(39)10-3;/h8,18,20-23,30,36H,5,9-16H2,1-4,6-7H3,(H,31,41)(H,32,42)(H,33,37)(H,34,38)(H,35,43);/q-1;+1. The number of ether oxygens (including phenoxy) is 2. The minimum absolute atomic E-state index is 0. The molecule has 0 saturated heterocycles. The van der Waals surface area contributed by atoms with Crippen LogP contribution in [-0.2, 0) is 43.0 Å². The zero-order valence-electron chi connectivity index (χ0n) is 28.4. The smallest absolute Gasteiger partial charge is 0.462 e. The largest absolute Gasteiger partial charge is 1.00 e. The third-order valence-electron chi connectivity index (χ3n) is 6.09. The number of thioether (sulfide) groups is 1. The Hall–Kier alpha value is -2.05. The fourth-order valence-corrected chi connectivity index (χ4v) is 4.43. The minimum atomic E-state index is -1.04. The van der Waals surface area contributed by atoms with Crippen LogP contribution in [0.5, 0.6) is 0 Å². The van der Waals surface area contributed by atoms with Crippen LogP contribution >= 0.6 is 11.8 Å². The molecule has 0 aliphatic carbocycles. The van der Waals surface area contributed by atoms with Gasteiger partial charge in [0.1, 0.15) is 24.8 Å². The van der Waals surface area contributed by atoms with E-state index >= 15 is 0 Å². The van der Waals surface area contributed by atoms with Gasteiger partial charge in [0.25, 0.3) is 0 Å². The Morgan fingerprint density at radius 1 is 0.830 bits per heavy atom. The third-order valence-corrected chi connectivity index (χ3v) is 7.27. The summed E-state index contributed by atoms with van der Waals surface area (Å²) in [4.78, 5) is 84.6. The maximum atomic E-state index is 13.1. The molecule has 47 heavy (non-hydrogen) atoms. The van der Waals surface area contributed by atoms with Crippen LogP contribution in [0, 0.1) is 6.42 Å². The van der Waals surface area contributed by atoms with Crippen molar-refractivity contribution in [3.05, 3.63) is 18.7 Å². The van der Waals surface area contributed by atoms with Gasteiger partial charge >= 0.3 is 70.1 Å². The van der Waals surface area contributed by atoms with Gasteiger partial charge in [0, 0.05) is 43.4 Å². The number of rotatable bonds is 23. The first-order chi connectivity index (χ1) is 21.7. The second kappa shape index (κ2) is 26.8. The monoisotopic (exact) mass is 758 g/mol. The van der Waals surface area contributed by atoms with Crippen molar-refractivity contribution in [1.82, 2.24) is 31.9 Å². The van der Waals surface area contributed by atoms with E-state index < -0.39 is 78.4 Å². The van der Waals surface area contributed by atoms with Crippen LogP contribution in [0.3, 0.4) is 0 Å². The average Bonchev–Trinajstić information content (AvgIpc) is 3.03. The van der Waals surface area contributed by atoms with Crippen molar-refractivity contribution in [2.24, 2.45) is 0 Å². The molecule has 0 aromatic heterocycles. The first-order valence-corrected chi connectivity index (χ1v) is 16.1. The Morgan fingerprint density at radius 2 is 1.47 bits per heavy atom. The quantitative estimate of drug-likeness (QED) is 0.0299. The maximum absolute atomic E-state index is 13.1. The molecule has 0 radical (unpaired) electrons. The molecule has 262 valence electrons. The Bertz CT molecular complexity index is 1070. The van der Waals surface area contributed by atoms with Gasteiger partial charge in [-0.3, -0.25) is 33.6 Å². The predicted molar refractivity (Wildman–Crippen MR) is 170 cm³/mol. The molecule has 0 aliphatic rings. The molecule has 5 amide bonds. The molecule has 16 nitrogen and oxygen atoms in total. The molecule has 0 spiro atoms. The molecule has 0 bridgehead atoms. The summed E-state index contributed by atoms with van der Waals surface area (Å²) < 4.78 is 10.4. The van der Waals surface area contributed by atoms with E-state index in [1.165, 1.54) is 32.0 Å². The number of hydrogen-bond donors (Lipinski definition) is 7. The van der Waals surface area contributed by atoms with Gasteiger partial charge in [-0.1, -0.05) is 27.4 Å². The number of amides is 5. The molecule has 0 saturated carbocycles. The molecule has 7 N–H and O–H groups in total. The molecule has 0 aliphatic heterocycles. The number of esters is 2. The van der Waals surface area contributed by atoms with Crippen LogP contribution in [0.25, 0.3) is 0 Å². The Kier molecular flexibility index (Phi) is 26.9. The molecule has 0 aromatic rings. The van der Waals surface area contributed by atoms with E-state index in [4.69, 9.17) is 9.47 Å². The molecule has 5 unspecified atom stereocenters. The normalized spacial score (nSPS) is 13.5. The summed E-state index contributed by atoms with van der Waals surface area (Å²) in [6.45, 7) is 12.1. The van der Waals surface area contributed by atoms with Gasteiger partial charge in [0.05, 0.1) is 19.3 Å². The van der Waals surface area contributed by atoms with Crippen molar-refractivity contribution in [2.75, 3.05) is 31.4 Å². The second-order valence-electron chi connectivity index (χ2n) is 9.92. The van der Waals surface area contributed by atoms with Crippen LogP contribution in [0.15, 0.2) is 12.3 Å². The van der Waals surface area contributed by atoms with Gasteiger partial charge in [0.15, 0.2) is 0 Å². The molecule has 0 heterocycles. The van der Waals surface area contributed by atoms with E-state index in [1.54, 1.807) is 27.7 Å². The van der Waals surface area contributed by atoms with Crippen molar-refractivity contribution in [3.8, 4) is 0 Å². The SMILES string of the molecule is C=C(NCNC(=O)C(C)NC(=O)C([CH-]C)NC(C)=O)C(CO)NC(=O)C(CSCC(COC(=O)CC)OC(=O)CC)NC(=O)CC.[Rb+]. The molecular weight excluding hydrogens is 710 g/mol. The van der Waals surface area contributed by atoms with E-state index in [1.807, 2.05) is 0 Å². The van der Waals surface area contributed by atoms with E-state index in [9.17, 15) is 38.7 Å². The number of hydrogen-bond acceptors (Lipinski definition) is 12. The summed E-state index contributed by atoms with van der Waals surface area (Å²) in [6.07, 6.45) is 1.10. The summed E-state index contributed by atoms with van der Waals surface area (Å²) in [5, 5.41) is 25.4. The molecular formula is C29H49N6O10RbS.